The molecule has 0 radical (unpaired) electrons. The van der Waals surface area contributed by atoms with Crippen LogP contribution in [0.1, 0.15) is 37.0 Å². The Morgan fingerprint density at radius 3 is 2.64 bits per heavy atom. The van der Waals surface area contributed by atoms with Gasteiger partial charge in [-0.15, -0.1) is 0 Å². The van der Waals surface area contributed by atoms with E-state index in [0.29, 0.717) is 5.56 Å². The summed E-state index contributed by atoms with van der Waals surface area (Å²) in [4.78, 5) is 28.2. The summed E-state index contributed by atoms with van der Waals surface area (Å²) in [6.07, 6.45) is 4.05. The van der Waals surface area contributed by atoms with Gasteiger partial charge in [-0.05, 0) is 57.8 Å². The van der Waals surface area contributed by atoms with E-state index in [2.05, 4.69) is 10.3 Å². The lowest BCUT2D eigenvalue weighted by atomic mass is 9.72. The molecule has 1 atom stereocenters. The van der Waals surface area contributed by atoms with Crippen LogP contribution < -0.4 is 11.1 Å². The van der Waals surface area contributed by atoms with Crippen molar-refractivity contribution < 1.29 is 14.3 Å². The average Bonchev–Trinajstić information content (AvgIpc) is 2.47. The monoisotopic (exact) mass is 305 g/mol. The summed E-state index contributed by atoms with van der Waals surface area (Å²) < 4.78 is 5.27. The highest BCUT2D eigenvalue weighted by molar-refractivity contribution is 5.98. The highest BCUT2D eigenvalue weighted by atomic mass is 16.6. The third kappa shape index (κ3) is 3.82. The lowest BCUT2D eigenvalue weighted by Gasteiger charge is -2.39. The second-order valence-electron chi connectivity index (χ2n) is 6.20. The Morgan fingerprint density at radius 2 is 2.09 bits per heavy atom. The van der Waals surface area contributed by atoms with E-state index in [0.717, 1.165) is 25.9 Å². The first-order chi connectivity index (χ1) is 10.4. The topological polar surface area (TPSA) is 94.3 Å². The molecule has 6 nitrogen and oxygen atoms in total. The van der Waals surface area contributed by atoms with Crippen molar-refractivity contribution in [2.75, 3.05) is 13.1 Å². The Labute approximate surface area is 130 Å². The highest BCUT2D eigenvalue weighted by Crippen LogP contribution is 2.35. The summed E-state index contributed by atoms with van der Waals surface area (Å²) in [6.45, 7) is 5.21. The van der Waals surface area contributed by atoms with Crippen LogP contribution in [0.5, 0.6) is 0 Å². The fourth-order valence-corrected chi connectivity index (χ4v) is 3.29. The number of piperidine rings is 1. The SMILES string of the molecule is CC(C)(OC(N)=O)C(C(=O)c1cccnc1)C1CCNCC1. The summed E-state index contributed by atoms with van der Waals surface area (Å²) in [7, 11) is 0. The van der Waals surface area contributed by atoms with E-state index in [1.807, 2.05) is 0 Å². The maximum atomic E-state index is 13.0. The summed E-state index contributed by atoms with van der Waals surface area (Å²) >= 11 is 0. The minimum absolute atomic E-state index is 0.0498. The fourth-order valence-electron chi connectivity index (χ4n) is 3.29. The van der Waals surface area contributed by atoms with E-state index in [9.17, 15) is 9.59 Å². The molecule has 2 heterocycles. The Hall–Kier alpha value is -1.95. The third-order valence-electron chi connectivity index (χ3n) is 4.20. The number of carbonyl (C=O) groups is 2. The molecule has 6 heteroatoms. The van der Waals surface area contributed by atoms with Crippen molar-refractivity contribution in [1.82, 2.24) is 10.3 Å². The molecule has 0 aliphatic carbocycles. The van der Waals surface area contributed by atoms with Crippen LogP contribution in [0.4, 0.5) is 4.79 Å². The molecule has 1 amide bonds. The van der Waals surface area contributed by atoms with Crippen LogP contribution in [0.3, 0.4) is 0 Å². The van der Waals surface area contributed by atoms with Crippen molar-refractivity contribution in [2.45, 2.75) is 32.3 Å². The normalized spacial score (nSPS) is 17.7. The molecule has 0 bridgehead atoms. The predicted octanol–water partition coefficient (Wildman–Crippen LogP) is 1.75. The van der Waals surface area contributed by atoms with Gasteiger partial charge in [0.05, 0.1) is 5.92 Å². The van der Waals surface area contributed by atoms with Crippen LogP contribution in [0.15, 0.2) is 24.5 Å². The van der Waals surface area contributed by atoms with Crippen LogP contribution in [-0.2, 0) is 4.74 Å². The molecule has 22 heavy (non-hydrogen) atoms. The lowest BCUT2D eigenvalue weighted by molar-refractivity contribution is -0.0185. The maximum absolute atomic E-state index is 13.0. The summed E-state index contributed by atoms with van der Waals surface area (Å²) in [5.41, 5.74) is 4.76. The number of nitrogens with two attached hydrogens (primary N) is 1. The Bertz CT molecular complexity index is 525. The molecule has 1 aliphatic heterocycles. The number of hydrogen-bond donors (Lipinski definition) is 2. The molecule has 0 aromatic carbocycles. The number of pyridine rings is 1. The number of ether oxygens (including phenoxy) is 1. The molecule has 0 saturated carbocycles. The van der Waals surface area contributed by atoms with Gasteiger partial charge in [-0.2, -0.15) is 0 Å². The fraction of sp³-hybridized carbons (Fsp3) is 0.562. The highest BCUT2D eigenvalue weighted by Gasteiger charge is 2.43. The number of aromatic nitrogens is 1. The van der Waals surface area contributed by atoms with Gasteiger partial charge in [-0.3, -0.25) is 9.78 Å². The van der Waals surface area contributed by atoms with Crippen LogP contribution in [0.2, 0.25) is 0 Å². The first-order valence-corrected chi connectivity index (χ1v) is 7.55. The minimum atomic E-state index is -0.958. The molecule has 1 aromatic heterocycles. The molecule has 1 aliphatic rings. The maximum Gasteiger partial charge on any atom is 0.405 e. The van der Waals surface area contributed by atoms with Crippen molar-refractivity contribution in [2.24, 2.45) is 17.6 Å². The van der Waals surface area contributed by atoms with Gasteiger partial charge in [0, 0.05) is 18.0 Å². The van der Waals surface area contributed by atoms with Crippen molar-refractivity contribution in [3.05, 3.63) is 30.1 Å². The largest absolute Gasteiger partial charge is 0.443 e. The van der Waals surface area contributed by atoms with Gasteiger partial charge in [-0.1, -0.05) is 0 Å². The molecule has 120 valence electrons. The van der Waals surface area contributed by atoms with E-state index in [-0.39, 0.29) is 11.7 Å². The summed E-state index contributed by atoms with van der Waals surface area (Å²) in [5.74, 6) is -0.346. The molecular formula is C16H23N3O3. The first-order valence-electron chi connectivity index (χ1n) is 7.55. The second kappa shape index (κ2) is 6.87. The van der Waals surface area contributed by atoms with Gasteiger partial charge in [0.15, 0.2) is 5.78 Å². The Morgan fingerprint density at radius 1 is 1.41 bits per heavy atom. The van der Waals surface area contributed by atoms with Gasteiger partial charge in [-0.25, -0.2) is 4.79 Å². The average molecular weight is 305 g/mol. The van der Waals surface area contributed by atoms with Gasteiger partial charge in [0.2, 0.25) is 0 Å². The molecule has 0 spiro atoms. The number of amides is 1. The van der Waals surface area contributed by atoms with Crippen molar-refractivity contribution in [3.8, 4) is 0 Å². The van der Waals surface area contributed by atoms with Gasteiger partial charge in [0.1, 0.15) is 5.60 Å². The number of nitrogens with zero attached hydrogens (tertiary/aromatic N) is 1. The minimum Gasteiger partial charge on any atom is -0.443 e. The molecule has 1 saturated heterocycles. The predicted molar refractivity (Wildman–Crippen MR) is 82.4 cm³/mol. The van der Waals surface area contributed by atoms with Gasteiger partial charge in [0.25, 0.3) is 0 Å². The molecular weight excluding hydrogens is 282 g/mol. The quantitative estimate of drug-likeness (QED) is 0.808. The lowest BCUT2D eigenvalue weighted by Crippen LogP contribution is -2.48. The zero-order valence-corrected chi connectivity index (χ0v) is 13.0. The number of ketones is 1. The number of nitrogens with one attached hydrogen (secondary N) is 1. The number of hydrogen-bond acceptors (Lipinski definition) is 5. The van der Waals surface area contributed by atoms with Crippen LogP contribution in [0.25, 0.3) is 0 Å². The van der Waals surface area contributed by atoms with Gasteiger partial charge < -0.3 is 15.8 Å². The first kappa shape index (κ1) is 16.4. The van der Waals surface area contributed by atoms with E-state index < -0.39 is 17.6 Å². The third-order valence-corrected chi connectivity index (χ3v) is 4.20. The molecule has 1 unspecified atom stereocenters. The second-order valence-corrected chi connectivity index (χ2v) is 6.20. The summed E-state index contributed by atoms with van der Waals surface area (Å²) in [5, 5.41) is 3.28. The van der Waals surface area contributed by atoms with E-state index in [1.54, 1.807) is 38.4 Å². The number of rotatable bonds is 5. The van der Waals surface area contributed by atoms with Crippen molar-refractivity contribution in [1.29, 1.82) is 0 Å². The smallest absolute Gasteiger partial charge is 0.405 e. The van der Waals surface area contributed by atoms with E-state index in [1.165, 1.54) is 0 Å². The number of primary amides is 1. The molecule has 1 aromatic rings. The number of carbonyl (C=O) groups excluding carboxylic acids is 2. The number of Topliss-reactive ketones (excluding diaryl/α,β-unsaturated/α-hetero) is 1. The van der Waals surface area contributed by atoms with Crippen molar-refractivity contribution in [3.63, 3.8) is 0 Å². The summed E-state index contributed by atoms with van der Waals surface area (Å²) in [6, 6.07) is 3.47. The zero-order chi connectivity index (χ0) is 16.2. The molecule has 1 fully saturated rings. The van der Waals surface area contributed by atoms with Crippen LogP contribution in [0, 0.1) is 11.8 Å². The standard InChI is InChI=1S/C16H23N3O3/c1-16(2,22-15(17)21)13(11-5-8-18-9-6-11)14(20)12-4-3-7-19-10-12/h3-4,7,10-11,13,18H,5-6,8-9H2,1-2H3,(H2,17,21). The van der Waals surface area contributed by atoms with E-state index in [4.69, 9.17) is 10.5 Å². The molecule has 2 rings (SSSR count). The van der Waals surface area contributed by atoms with Crippen molar-refractivity contribution >= 4 is 11.9 Å². The Kier molecular flexibility index (Phi) is 5.13. The zero-order valence-electron chi connectivity index (χ0n) is 13.0. The Balaban J connectivity index is 2.32. The van der Waals surface area contributed by atoms with E-state index >= 15 is 0 Å². The van der Waals surface area contributed by atoms with Crippen LogP contribution >= 0.6 is 0 Å². The molecule has 3 N–H and O–H groups in total. The van der Waals surface area contributed by atoms with Crippen LogP contribution in [-0.4, -0.2) is 35.6 Å². The van der Waals surface area contributed by atoms with Gasteiger partial charge >= 0.3 is 6.09 Å².